The van der Waals surface area contributed by atoms with Gasteiger partial charge in [-0.25, -0.2) is 0 Å². The fraction of sp³-hybridized carbons (Fsp3) is 0.455. The highest BCUT2D eigenvalue weighted by Gasteiger charge is 2.23. The van der Waals surface area contributed by atoms with Gasteiger partial charge in [0.1, 0.15) is 24.2 Å². The van der Waals surface area contributed by atoms with Crippen LogP contribution in [0.25, 0.3) is 0 Å². The molecular formula is C11H14O3. The van der Waals surface area contributed by atoms with E-state index in [1.54, 1.807) is 7.11 Å². The lowest BCUT2D eigenvalue weighted by Crippen LogP contribution is -2.04. The quantitative estimate of drug-likeness (QED) is 0.684. The zero-order valence-electron chi connectivity index (χ0n) is 8.45. The topological polar surface area (TPSA) is 31.0 Å². The maximum Gasteiger partial charge on any atom is 0.123 e. The van der Waals surface area contributed by atoms with Gasteiger partial charge < -0.3 is 14.2 Å². The largest absolute Gasteiger partial charge is 0.497 e. The highest BCUT2D eigenvalue weighted by Crippen LogP contribution is 2.23. The van der Waals surface area contributed by atoms with Gasteiger partial charge >= 0.3 is 0 Å². The van der Waals surface area contributed by atoms with E-state index in [0.717, 1.165) is 23.7 Å². The fourth-order valence-electron chi connectivity index (χ4n) is 1.27. The lowest BCUT2D eigenvalue weighted by Gasteiger charge is -2.07. The predicted octanol–water partition coefficient (Wildman–Crippen LogP) is 1.78. The number of ether oxygens (including phenoxy) is 3. The summed E-state index contributed by atoms with van der Waals surface area (Å²) >= 11 is 0. The molecule has 1 aromatic rings. The molecule has 1 saturated heterocycles. The Hall–Kier alpha value is -1.22. The number of aryl methyl sites for hydroxylation is 1. The number of hydrogen-bond acceptors (Lipinski definition) is 3. The molecule has 1 aliphatic rings. The molecule has 76 valence electrons. The van der Waals surface area contributed by atoms with E-state index in [1.807, 2.05) is 25.1 Å². The van der Waals surface area contributed by atoms with Gasteiger partial charge in [-0.15, -0.1) is 0 Å². The molecule has 1 unspecified atom stereocenters. The summed E-state index contributed by atoms with van der Waals surface area (Å²) in [5, 5.41) is 0. The lowest BCUT2D eigenvalue weighted by atomic mass is 10.2. The Morgan fingerprint density at radius 3 is 2.71 bits per heavy atom. The Kier molecular flexibility index (Phi) is 2.59. The van der Waals surface area contributed by atoms with Gasteiger partial charge in [0.15, 0.2) is 0 Å². The summed E-state index contributed by atoms with van der Waals surface area (Å²) in [6.45, 7) is 3.47. The van der Waals surface area contributed by atoms with Crippen molar-refractivity contribution >= 4 is 0 Å². The summed E-state index contributed by atoms with van der Waals surface area (Å²) in [7, 11) is 1.66. The van der Waals surface area contributed by atoms with Gasteiger partial charge in [0.2, 0.25) is 0 Å². The molecular weight excluding hydrogens is 180 g/mol. The van der Waals surface area contributed by atoms with Gasteiger partial charge in [0.05, 0.1) is 13.7 Å². The van der Waals surface area contributed by atoms with Crippen LogP contribution in [0.4, 0.5) is 0 Å². The molecule has 1 heterocycles. The van der Waals surface area contributed by atoms with Crippen molar-refractivity contribution < 1.29 is 14.2 Å². The average molecular weight is 194 g/mol. The van der Waals surface area contributed by atoms with Gasteiger partial charge in [-0.2, -0.15) is 0 Å². The molecule has 1 fully saturated rings. The van der Waals surface area contributed by atoms with Crippen LogP contribution in [0, 0.1) is 6.92 Å². The lowest BCUT2D eigenvalue weighted by molar-refractivity contribution is 0.262. The third-order valence-electron chi connectivity index (χ3n) is 2.10. The van der Waals surface area contributed by atoms with Crippen molar-refractivity contribution in [3.8, 4) is 11.5 Å². The monoisotopic (exact) mass is 194 g/mol. The maximum atomic E-state index is 5.55. The minimum atomic E-state index is 0.293. The first kappa shape index (κ1) is 9.34. The van der Waals surface area contributed by atoms with Crippen LogP contribution >= 0.6 is 0 Å². The zero-order chi connectivity index (χ0) is 9.97. The second kappa shape index (κ2) is 3.88. The smallest absolute Gasteiger partial charge is 0.123 e. The van der Waals surface area contributed by atoms with Gasteiger partial charge in [-0.3, -0.25) is 0 Å². The van der Waals surface area contributed by atoms with Crippen LogP contribution in [-0.4, -0.2) is 26.4 Å². The van der Waals surface area contributed by atoms with Gasteiger partial charge in [-0.05, 0) is 24.6 Å². The highest BCUT2D eigenvalue weighted by molar-refractivity contribution is 5.37. The van der Waals surface area contributed by atoms with Crippen LogP contribution in [0.3, 0.4) is 0 Å². The average Bonchev–Trinajstić information content (AvgIpc) is 2.97. The second-order valence-electron chi connectivity index (χ2n) is 3.45. The Morgan fingerprint density at radius 2 is 2.07 bits per heavy atom. The molecule has 14 heavy (non-hydrogen) atoms. The number of rotatable bonds is 4. The third kappa shape index (κ3) is 2.39. The summed E-state index contributed by atoms with van der Waals surface area (Å²) in [5.74, 6) is 1.68. The molecule has 0 saturated carbocycles. The summed E-state index contributed by atoms with van der Waals surface area (Å²) < 4.78 is 15.8. The first-order valence-corrected chi connectivity index (χ1v) is 4.68. The van der Waals surface area contributed by atoms with Crippen LogP contribution in [0.1, 0.15) is 5.56 Å². The molecule has 3 heteroatoms. The van der Waals surface area contributed by atoms with Crippen LogP contribution in [0.5, 0.6) is 11.5 Å². The van der Waals surface area contributed by atoms with Crippen molar-refractivity contribution in [2.24, 2.45) is 0 Å². The molecule has 1 aliphatic heterocycles. The van der Waals surface area contributed by atoms with E-state index in [1.165, 1.54) is 0 Å². The first-order valence-electron chi connectivity index (χ1n) is 4.68. The molecule has 2 rings (SSSR count). The van der Waals surface area contributed by atoms with Crippen molar-refractivity contribution in [2.45, 2.75) is 13.0 Å². The van der Waals surface area contributed by atoms with E-state index in [2.05, 4.69) is 0 Å². The highest BCUT2D eigenvalue weighted by atomic mass is 16.6. The third-order valence-corrected chi connectivity index (χ3v) is 2.10. The Morgan fingerprint density at radius 1 is 1.36 bits per heavy atom. The summed E-state index contributed by atoms with van der Waals surface area (Å²) in [6.07, 6.45) is 0.293. The minimum absolute atomic E-state index is 0.293. The number of epoxide rings is 1. The molecule has 0 amide bonds. The fourth-order valence-corrected chi connectivity index (χ4v) is 1.27. The van der Waals surface area contributed by atoms with Gasteiger partial charge in [0.25, 0.3) is 0 Å². The molecule has 1 atom stereocenters. The van der Waals surface area contributed by atoms with E-state index in [4.69, 9.17) is 14.2 Å². The molecule has 1 aromatic carbocycles. The van der Waals surface area contributed by atoms with Crippen LogP contribution in [-0.2, 0) is 4.74 Å². The summed E-state index contributed by atoms with van der Waals surface area (Å²) in [4.78, 5) is 0. The van der Waals surface area contributed by atoms with Crippen molar-refractivity contribution in [1.29, 1.82) is 0 Å². The van der Waals surface area contributed by atoms with Crippen molar-refractivity contribution in [1.82, 2.24) is 0 Å². The van der Waals surface area contributed by atoms with E-state index in [0.29, 0.717) is 12.7 Å². The summed E-state index contributed by atoms with van der Waals surface area (Å²) in [5.41, 5.74) is 1.14. The molecule has 0 aromatic heterocycles. The zero-order valence-corrected chi connectivity index (χ0v) is 8.45. The molecule has 0 spiro atoms. The van der Waals surface area contributed by atoms with Crippen LogP contribution in [0.2, 0.25) is 0 Å². The Labute approximate surface area is 83.6 Å². The van der Waals surface area contributed by atoms with Crippen molar-refractivity contribution in [3.63, 3.8) is 0 Å². The molecule has 0 radical (unpaired) electrons. The molecule has 0 N–H and O–H groups in total. The van der Waals surface area contributed by atoms with E-state index in [-0.39, 0.29) is 0 Å². The second-order valence-corrected chi connectivity index (χ2v) is 3.45. The number of benzene rings is 1. The van der Waals surface area contributed by atoms with E-state index < -0.39 is 0 Å². The molecule has 0 aliphatic carbocycles. The maximum absolute atomic E-state index is 5.55. The van der Waals surface area contributed by atoms with Crippen LogP contribution in [0.15, 0.2) is 18.2 Å². The normalized spacial score (nSPS) is 19.1. The standard InChI is InChI=1S/C11H14O3/c1-8-3-9(12-2)5-10(4-8)13-6-11-7-14-11/h3-5,11H,6-7H2,1-2H3. The van der Waals surface area contributed by atoms with Gasteiger partial charge in [-0.1, -0.05) is 0 Å². The van der Waals surface area contributed by atoms with Crippen LogP contribution < -0.4 is 9.47 Å². The van der Waals surface area contributed by atoms with Crippen molar-refractivity contribution in [2.75, 3.05) is 20.3 Å². The number of hydrogen-bond donors (Lipinski definition) is 0. The molecule has 0 bridgehead atoms. The van der Waals surface area contributed by atoms with Crippen molar-refractivity contribution in [3.05, 3.63) is 23.8 Å². The van der Waals surface area contributed by atoms with E-state index in [9.17, 15) is 0 Å². The Balaban J connectivity index is 2.03. The number of methoxy groups -OCH3 is 1. The van der Waals surface area contributed by atoms with E-state index >= 15 is 0 Å². The SMILES string of the molecule is COc1cc(C)cc(OCC2CO2)c1. The first-order chi connectivity index (χ1) is 6.78. The summed E-state index contributed by atoms with van der Waals surface area (Å²) in [6, 6.07) is 5.85. The minimum Gasteiger partial charge on any atom is -0.497 e. The Bertz CT molecular complexity index is 318. The van der Waals surface area contributed by atoms with Gasteiger partial charge in [0, 0.05) is 6.07 Å². The molecule has 3 nitrogen and oxygen atoms in total. The predicted molar refractivity (Wildman–Crippen MR) is 53.0 cm³/mol.